The van der Waals surface area contributed by atoms with Crippen LogP contribution in [0.25, 0.3) is 0 Å². The monoisotopic (exact) mass is 336 g/mol. The number of carboxylic acids is 1. The van der Waals surface area contributed by atoms with E-state index in [1.165, 1.54) is 12.1 Å². The van der Waals surface area contributed by atoms with Gasteiger partial charge in [0.25, 0.3) is 0 Å². The van der Waals surface area contributed by atoms with Crippen molar-refractivity contribution in [2.45, 2.75) is 12.5 Å². The Labute approximate surface area is 136 Å². The summed E-state index contributed by atoms with van der Waals surface area (Å²) in [6, 6.07) is 9.45. The highest BCUT2D eigenvalue weighted by atomic mass is 35.5. The summed E-state index contributed by atoms with van der Waals surface area (Å²) in [5, 5.41) is 20.5. The second-order valence-electron chi connectivity index (χ2n) is 4.76. The molecule has 23 heavy (non-hydrogen) atoms. The Kier molecular flexibility index (Phi) is 5.15. The SMILES string of the molecule is NC(Cc1ccc(Oc2ccc(Cl)cc2)c([N+](=O)[O-])c1)C(=O)O. The third kappa shape index (κ3) is 4.41. The van der Waals surface area contributed by atoms with Crippen LogP contribution in [0.2, 0.25) is 5.02 Å². The van der Waals surface area contributed by atoms with Crippen LogP contribution in [0.5, 0.6) is 11.5 Å². The second kappa shape index (κ2) is 7.08. The molecular formula is C15H13ClN2O5. The summed E-state index contributed by atoms with van der Waals surface area (Å²) in [7, 11) is 0. The van der Waals surface area contributed by atoms with Gasteiger partial charge in [0.15, 0.2) is 0 Å². The standard InChI is InChI=1S/C15H13ClN2O5/c16-10-2-4-11(5-3-10)23-14-6-1-9(7-12(17)15(19)20)8-13(14)18(21)22/h1-6,8,12H,7,17H2,(H,19,20). The minimum atomic E-state index is -1.17. The summed E-state index contributed by atoms with van der Waals surface area (Å²) >= 11 is 5.77. The van der Waals surface area contributed by atoms with Crippen molar-refractivity contribution in [2.75, 3.05) is 0 Å². The van der Waals surface area contributed by atoms with Crippen molar-refractivity contribution in [3.63, 3.8) is 0 Å². The number of benzene rings is 2. The smallest absolute Gasteiger partial charge is 0.320 e. The first-order valence-corrected chi connectivity index (χ1v) is 6.93. The molecule has 0 spiro atoms. The molecule has 0 aromatic heterocycles. The van der Waals surface area contributed by atoms with Gasteiger partial charge in [0.1, 0.15) is 11.8 Å². The molecule has 0 radical (unpaired) electrons. The molecule has 3 N–H and O–H groups in total. The number of rotatable bonds is 6. The molecule has 0 amide bonds. The van der Waals surface area contributed by atoms with Gasteiger partial charge in [-0.25, -0.2) is 0 Å². The molecule has 2 aromatic carbocycles. The second-order valence-corrected chi connectivity index (χ2v) is 5.20. The number of nitro groups is 1. The summed E-state index contributed by atoms with van der Waals surface area (Å²) in [5.41, 5.74) is 5.61. The molecule has 1 atom stereocenters. The number of nitro benzene ring substituents is 1. The van der Waals surface area contributed by atoms with Gasteiger partial charge >= 0.3 is 11.7 Å². The number of nitrogens with two attached hydrogens (primary N) is 1. The third-order valence-corrected chi connectivity index (χ3v) is 3.29. The summed E-state index contributed by atoms with van der Waals surface area (Å²) in [6.07, 6.45) is -0.0165. The Bertz CT molecular complexity index is 733. The number of halogens is 1. The van der Waals surface area contributed by atoms with Crippen LogP contribution >= 0.6 is 11.6 Å². The number of hydrogen-bond donors (Lipinski definition) is 2. The van der Waals surface area contributed by atoms with E-state index in [0.29, 0.717) is 16.3 Å². The Balaban J connectivity index is 2.27. The summed E-state index contributed by atoms with van der Waals surface area (Å²) in [6.45, 7) is 0. The molecule has 0 fully saturated rings. The summed E-state index contributed by atoms with van der Waals surface area (Å²) in [4.78, 5) is 21.4. The van der Waals surface area contributed by atoms with E-state index in [0.717, 1.165) is 0 Å². The van der Waals surface area contributed by atoms with Crippen molar-refractivity contribution in [2.24, 2.45) is 5.73 Å². The van der Waals surface area contributed by atoms with Gasteiger partial charge in [0.2, 0.25) is 5.75 Å². The predicted octanol–water partition coefficient (Wildman–Crippen LogP) is 2.99. The van der Waals surface area contributed by atoms with Gasteiger partial charge in [-0.15, -0.1) is 0 Å². The van der Waals surface area contributed by atoms with Gasteiger partial charge in [-0.3, -0.25) is 14.9 Å². The van der Waals surface area contributed by atoms with Gasteiger partial charge < -0.3 is 15.6 Å². The van der Waals surface area contributed by atoms with Gasteiger partial charge in [0, 0.05) is 11.1 Å². The van der Waals surface area contributed by atoms with Crippen LogP contribution in [0.4, 0.5) is 5.69 Å². The highest BCUT2D eigenvalue weighted by Gasteiger charge is 2.19. The van der Waals surface area contributed by atoms with Crippen molar-refractivity contribution >= 4 is 23.3 Å². The lowest BCUT2D eigenvalue weighted by Crippen LogP contribution is -2.32. The molecule has 0 heterocycles. The van der Waals surface area contributed by atoms with Crippen LogP contribution in [-0.2, 0) is 11.2 Å². The number of ether oxygens (including phenoxy) is 1. The summed E-state index contributed by atoms with van der Waals surface area (Å²) in [5.74, 6) is -0.730. The largest absolute Gasteiger partial charge is 0.480 e. The Hall–Kier alpha value is -2.64. The highest BCUT2D eigenvalue weighted by molar-refractivity contribution is 6.30. The van der Waals surface area contributed by atoms with Gasteiger partial charge in [-0.1, -0.05) is 17.7 Å². The highest BCUT2D eigenvalue weighted by Crippen LogP contribution is 2.32. The molecule has 120 valence electrons. The lowest BCUT2D eigenvalue weighted by molar-refractivity contribution is -0.385. The van der Waals surface area contributed by atoms with Crippen LogP contribution in [0, 0.1) is 10.1 Å². The van der Waals surface area contributed by atoms with Crippen molar-refractivity contribution in [3.05, 3.63) is 63.2 Å². The number of carboxylic acid groups (broad SMARTS) is 1. The first kappa shape index (κ1) is 16.7. The van der Waals surface area contributed by atoms with Crippen LogP contribution in [-0.4, -0.2) is 22.0 Å². The quantitative estimate of drug-likeness (QED) is 0.618. The maximum absolute atomic E-state index is 11.2. The Morgan fingerprint density at radius 3 is 2.52 bits per heavy atom. The fourth-order valence-electron chi connectivity index (χ4n) is 1.89. The van der Waals surface area contributed by atoms with Gasteiger partial charge in [0.05, 0.1) is 4.92 Å². The van der Waals surface area contributed by atoms with Gasteiger partial charge in [-0.05, 0) is 42.3 Å². The molecule has 0 bridgehead atoms. The Morgan fingerprint density at radius 1 is 1.30 bits per heavy atom. The number of hydrogen-bond acceptors (Lipinski definition) is 5. The molecular weight excluding hydrogens is 324 g/mol. The zero-order valence-corrected chi connectivity index (χ0v) is 12.6. The molecule has 7 nitrogen and oxygen atoms in total. The minimum Gasteiger partial charge on any atom is -0.480 e. The maximum Gasteiger partial charge on any atom is 0.320 e. The summed E-state index contributed by atoms with van der Waals surface area (Å²) < 4.78 is 5.49. The van der Waals surface area contributed by atoms with E-state index in [-0.39, 0.29) is 17.9 Å². The maximum atomic E-state index is 11.2. The molecule has 2 aromatic rings. The number of carbonyl (C=O) groups is 1. The third-order valence-electron chi connectivity index (χ3n) is 3.03. The van der Waals surface area contributed by atoms with E-state index >= 15 is 0 Å². The van der Waals surface area contributed by atoms with Crippen LogP contribution in [0.1, 0.15) is 5.56 Å². The lowest BCUT2D eigenvalue weighted by Gasteiger charge is -2.09. The molecule has 0 saturated heterocycles. The first-order chi connectivity index (χ1) is 10.9. The van der Waals surface area contributed by atoms with Crippen molar-refractivity contribution in [3.8, 4) is 11.5 Å². The van der Waals surface area contributed by atoms with Crippen LogP contribution < -0.4 is 10.5 Å². The minimum absolute atomic E-state index is 0.0165. The van der Waals surface area contributed by atoms with Crippen molar-refractivity contribution in [1.82, 2.24) is 0 Å². The van der Waals surface area contributed by atoms with E-state index in [1.807, 2.05) is 0 Å². The zero-order chi connectivity index (χ0) is 17.0. The topological polar surface area (TPSA) is 116 Å². The normalized spacial score (nSPS) is 11.7. The van der Waals surface area contributed by atoms with E-state index in [9.17, 15) is 14.9 Å². The lowest BCUT2D eigenvalue weighted by atomic mass is 10.1. The van der Waals surface area contributed by atoms with E-state index in [1.54, 1.807) is 30.3 Å². The van der Waals surface area contributed by atoms with Crippen molar-refractivity contribution in [1.29, 1.82) is 0 Å². The molecule has 0 aliphatic carbocycles. The molecule has 0 aliphatic heterocycles. The first-order valence-electron chi connectivity index (χ1n) is 6.56. The molecule has 2 rings (SSSR count). The zero-order valence-electron chi connectivity index (χ0n) is 11.8. The van der Waals surface area contributed by atoms with Gasteiger partial charge in [-0.2, -0.15) is 0 Å². The van der Waals surface area contributed by atoms with E-state index in [2.05, 4.69) is 0 Å². The fourth-order valence-corrected chi connectivity index (χ4v) is 2.02. The molecule has 1 unspecified atom stereocenters. The fraction of sp³-hybridized carbons (Fsp3) is 0.133. The van der Waals surface area contributed by atoms with Crippen molar-refractivity contribution < 1.29 is 19.6 Å². The average Bonchev–Trinajstić information content (AvgIpc) is 2.50. The number of aliphatic carboxylic acids is 1. The Morgan fingerprint density at radius 2 is 1.96 bits per heavy atom. The molecule has 0 saturated carbocycles. The van der Waals surface area contributed by atoms with Crippen LogP contribution in [0.3, 0.4) is 0 Å². The predicted molar refractivity (Wildman–Crippen MR) is 83.9 cm³/mol. The average molecular weight is 337 g/mol. The number of nitrogens with zero attached hydrogens (tertiary/aromatic N) is 1. The molecule has 0 aliphatic rings. The van der Waals surface area contributed by atoms with E-state index in [4.69, 9.17) is 27.2 Å². The van der Waals surface area contributed by atoms with E-state index < -0.39 is 16.9 Å². The van der Waals surface area contributed by atoms with Crippen LogP contribution in [0.15, 0.2) is 42.5 Å². The molecule has 8 heteroatoms.